The van der Waals surface area contributed by atoms with Crippen molar-refractivity contribution in [2.75, 3.05) is 13.6 Å². The topological polar surface area (TPSA) is 29.3 Å². The van der Waals surface area contributed by atoms with E-state index in [9.17, 15) is 0 Å². The molecule has 0 bridgehead atoms. The Morgan fingerprint density at radius 1 is 1.50 bits per heavy atom. The summed E-state index contributed by atoms with van der Waals surface area (Å²) in [6.45, 7) is 7.41. The first kappa shape index (κ1) is 11.7. The molecule has 2 nitrogen and oxygen atoms in total. The Morgan fingerprint density at radius 2 is 2.14 bits per heavy atom. The minimum absolute atomic E-state index is 0.179. The van der Waals surface area contributed by atoms with Gasteiger partial charge in [0.1, 0.15) is 0 Å². The predicted octanol–water partition coefficient (Wildman–Crippen LogP) is 2.40. The third-order valence-electron chi connectivity index (χ3n) is 2.52. The fourth-order valence-electron chi connectivity index (χ4n) is 1.69. The number of nitrogens with two attached hydrogens (primary N) is 1. The summed E-state index contributed by atoms with van der Waals surface area (Å²) in [4.78, 5) is 5.03. The Kier molecular flexibility index (Phi) is 4.11. The molecule has 1 aromatic heterocycles. The molecule has 0 radical (unpaired) electrons. The smallest absolute Gasteiger partial charge is 0.0588 e. The fraction of sp³-hybridized carbons (Fsp3) is 0.636. The van der Waals surface area contributed by atoms with Crippen LogP contribution in [0.2, 0.25) is 0 Å². The van der Waals surface area contributed by atoms with Gasteiger partial charge in [0, 0.05) is 15.8 Å². The summed E-state index contributed by atoms with van der Waals surface area (Å²) in [5, 5.41) is 0. The van der Waals surface area contributed by atoms with Crippen molar-refractivity contribution in [3.8, 4) is 0 Å². The van der Waals surface area contributed by atoms with Crippen molar-refractivity contribution in [3.05, 3.63) is 21.9 Å². The van der Waals surface area contributed by atoms with Crippen LogP contribution in [0.4, 0.5) is 0 Å². The average Bonchev–Trinajstić information content (AvgIpc) is 2.51. The van der Waals surface area contributed by atoms with Crippen LogP contribution in [0.25, 0.3) is 0 Å². The highest BCUT2D eigenvalue weighted by molar-refractivity contribution is 7.12. The second-order valence-corrected chi connectivity index (χ2v) is 5.15. The second kappa shape index (κ2) is 4.91. The molecule has 0 aliphatic carbocycles. The molecule has 1 heterocycles. The Hall–Kier alpha value is -0.380. The summed E-state index contributed by atoms with van der Waals surface area (Å²) in [6, 6.07) is 4.90. The van der Waals surface area contributed by atoms with E-state index < -0.39 is 0 Å². The predicted molar refractivity (Wildman–Crippen MR) is 63.8 cm³/mol. The van der Waals surface area contributed by atoms with E-state index in [0.717, 1.165) is 6.54 Å². The number of likely N-dealkylation sites (N-methyl/N-ethyl adjacent to an activating group) is 1. The lowest BCUT2D eigenvalue weighted by molar-refractivity contribution is 0.233. The van der Waals surface area contributed by atoms with Crippen LogP contribution in [0.5, 0.6) is 0 Å². The Bertz CT molecular complexity index is 281. The molecule has 0 aliphatic heterocycles. The number of thiophene rings is 1. The Morgan fingerprint density at radius 3 is 2.50 bits per heavy atom. The molecular formula is C11H20N2S. The number of aryl methyl sites for hydroxylation is 1. The monoisotopic (exact) mass is 212 g/mol. The quantitative estimate of drug-likeness (QED) is 0.830. The standard InChI is InChI=1S/C11H20N2S/c1-5-13(4)11(9(3)12)10-7-6-8(2)14-10/h6-7,9,11H,5,12H2,1-4H3. The molecule has 0 saturated carbocycles. The van der Waals surface area contributed by atoms with Crippen LogP contribution in [-0.2, 0) is 0 Å². The van der Waals surface area contributed by atoms with Crippen molar-refractivity contribution in [1.29, 1.82) is 0 Å². The summed E-state index contributed by atoms with van der Waals surface area (Å²) in [6.07, 6.45) is 0. The highest BCUT2D eigenvalue weighted by atomic mass is 32.1. The van der Waals surface area contributed by atoms with Crippen LogP contribution in [0.15, 0.2) is 12.1 Å². The highest BCUT2D eigenvalue weighted by Crippen LogP contribution is 2.28. The van der Waals surface area contributed by atoms with Crippen molar-refractivity contribution in [2.24, 2.45) is 5.73 Å². The van der Waals surface area contributed by atoms with Gasteiger partial charge in [0.15, 0.2) is 0 Å². The Balaban J connectivity index is 2.88. The van der Waals surface area contributed by atoms with Gasteiger partial charge in [-0.15, -0.1) is 11.3 Å². The van der Waals surface area contributed by atoms with Crippen LogP contribution >= 0.6 is 11.3 Å². The third kappa shape index (κ3) is 2.56. The maximum atomic E-state index is 6.02. The summed E-state index contributed by atoms with van der Waals surface area (Å²) >= 11 is 1.85. The number of hydrogen-bond donors (Lipinski definition) is 1. The first-order valence-electron chi connectivity index (χ1n) is 5.08. The molecule has 0 spiro atoms. The van der Waals surface area contributed by atoms with E-state index in [4.69, 9.17) is 5.73 Å². The van der Waals surface area contributed by atoms with Gasteiger partial charge in [0.2, 0.25) is 0 Å². The second-order valence-electron chi connectivity index (χ2n) is 3.83. The lowest BCUT2D eigenvalue weighted by Gasteiger charge is -2.29. The minimum Gasteiger partial charge on any atom is -0.326 e. The van der Waals surface area contributed by atoms with E-state index in [1.807, 2.05) is 11.3 Å². The van der Waals surface area contributed by atoms with E-state index in [1.54, 1.807) is 0 Å². The summed E-state index contributed by atoms with van der Waals surface area (Å²) < 4.78 is 0. The van der Waals surface area contributed by atoms with Gasteiger partial charge < -0.3 is 5.73 Å². The number of hydrogen-bond acceptors (Lipinski definition) is 3. The highest BCUT2D eigenvalue weighted by Gasteiger charge is 2.21. The third-order valence-corrected chi connectivity index (χ3v) is 3.60. The van der Waals surface area contributed by atoms with Gasteiger partial charge in [0.05, 0.1) is 6.04 Å². The van der Waals surface area contributed by atoms with Crippen molar-refractivity contribution in [3.63, 3.8) is 0 Å². The van der Waals surface area contributed by atoms with E-state index in [-0.39, 0.29) is 6.04 Å². The van der Waals surface area contributed by atoms with Gasteiger partial charge >= 0.3 is 0 Å². The molecule has 3 heteroatoms. The zero-order chi connectivity index (χ0) is 10.7. The van der Waals surface area contributed by atoms with Crippen LogP contribution in [-0.4, -0.2) is 24.5 Å². The van der Waals surface area contributed by atoms with Gasteiger partial charge in [0.25, 0.3) is 0 Å². The van der Waals surface area contributed by atoms with Crippen molar-refractivity contribution >= 4 is 11.3 Å². The molecule has 0 saturated heterocycles. The van der Waals surface area contributed by atoms with Gasteiger partial charge in [-0.2, -0.15) is 0 Å². The molecule has 0 aliphatic rings. The summed E-state index contributed by atoms with van der Waals surface area (Å²) in [5.74, 6) is 0. The van der Waals surface area contributed by atoms with E-state index in [0.29, 0.717) is 6.04 Å². The van der Waals surface area contributed by atoms with E-state index in [1.165, 1.54) is 9.75 Å². The van der Waals surface area contributed by atoms with Crippen molar-refractivity contribution in [1.82, 2.24) is 4.90 Å². The SMILES string of the molecule is CCN(C)C(c1ccc(C)s1)C(C)N. The first-order chi connectivity index (χ1) is 6.56. The van der Waals surface area contributed by atoms with Crippen LogP contribution < -0.4 is 5.73 Å². The largest absolute Gasteiger partial charge is 0.326 e. The molecule has 0 fully saturated rings. The summed E-state index contributed by atoms with van der Waals surface area (Å²) in [5.41, 5.74) is 6.02. The van der Waals surface area contributed by atoms with Crippen LogP contribution in [0.3, 0.4) is 0 Å². The fourth-order valence-corrected chi connectivity index (χ4v) is 2.85. The molecule has 0 amide bonds. The maximum absolute atomic E-state index is 6.02. The molecule has 1 rings (SSSR count). The zero-order valence-corrected chi connectivity index (χ0v) is 10.3. The lowest BCUT2D eigenvalue weighted by atomic mass is 10.1. The molecular weight excluding hydrogens is 192 g/mol. The van der Waals surface area contributed by atoms with Gasteiger partial charge in [-0.1, -0.05) is 6.92 Å². The van der Waals surface area contributed by atoms with E-state index in [2.05, 4.69) is 44.9 Å². The lowest BCUT2D eigenvalue weighted by Crippen LogP contribution is -2.36. The molecule has 2 N–H and O–H groups in total. The first-order valence-corrected chi connectivity index (χ1v) is 5.90. The van der Waals surface area contributed by atoms with E-state index >= 15 is 0 Å². The minimum atomic E-state index is 0.179. The Labute approximate surface area is 90.7 Å². The zero-order valence-electron chi connectivity index (χ0n) is 9.45. The van der Waals surface area contributed by atoms with Crippen molar-refractivity contribution in [2.45, 2.75) is 32.9 Å². The maximum Gasteiger partial charge on any atom is 0.0588 e. The molecule has 2 atom stereocenters. The molecule has 1 aromatic rings. The molecule has 14 heavy (non-hydrogen) atoms. The summed E-state index contributed by atoms with van der Waals surface area (Å²) in [7, 11) is 2.13. The molecule has 2 unspecified atom stereocenters. The normalized spacial score (nSPS) is 15.9. The van der Waals surface area contributed by atoms with Crippen LogP contribution in [0, 0.1) is 6.92 Å². The average molecular weight is 212 g/mol. The van der Waals surface area contributed by atoms with Crippen molar-refractivity contribution < 1.29 is 0 Å². The molecule has 80 valence electrons. The molecule has 0 aromatic carbocycles. The number of rotatable bonds is 4. The van der Waals surface area contributed by atoms with Crippen LogP contribution in [0.1, 0.15) is 29.6 Å². The number of nitrogens with zero attached hydrogens (tertiary/aromatic N) is 1. The van der Waals surface area contributed by atoms with Gasteiger partial charge in [-0.05, 0) is 39.6 Å². The van der Waals surface area contributed by atoms with Gasteiger partial charge in [-0.25, -0.2) is 0 Å². The van der Waals surface area contributed by atoms with Gasteiger partial charge in [-0.3, -0.25) is 4.90 Å².